The van der Waals surface area contributed by atoms with Crippen LogP contribution in [-0.2, 0) is 30.9 Å². The van der Waals surface area contributed by atoms with Crippen LogP contribution in [0.3, 0.4) is 0 Å². The summed E-state index contributed by atoms with van der Waals surface area (Å²) < 4.78 is 10.5. The highest BCUT2D eigenvalue weighted by Gasteiger charge is 2.40. The zero-order chi connectivity index (χ0) is 29.4. The summed E-state index contributed by atoms with van der Waals surface area (Å²) >= 11 is 0. The van der Waals surface area contributed by atoms with Gasteiger partial charge in [-0.15, -0.1) is 6.58 Å². The van der Waals surface area contributed by atoms with E-state index in [0.717, 1.165) is 27.1 Å². The number of aromatic amines is 1. The summed E-state index contributed by atoms with van der Waals surface area (Å²) in [6.45, 7) is 15.0. The molecule has 0 aliphatic carbocycles. The molecule has 1 N–H and O–H groups in total. The number of aromatic nitrogens is 1. The van der Waals surface area contributed by atoms with Crippen molar-refractivity contribution in [3.05, 3.63) is 101 Å². The Hall–Kier alpha value is -4.72. The van der Waals surface area contributed by atoms with Crippen molar-refractivity contribution in [1.82, 2.24) is 9.88 Å². The first kappa shape index (κ1) is 28.3. The van der Waals surface area contributed by atoms with Crippen LogP contribution in [0.25, 0.3) is 17.0 Å². The summed E-state index contributed by atoms with van der Waals surface area (Å²) in [5.41, 5.74) is 3.30. The van der Waals surface area contributed by atoms with Crippen LogP contribution < -0.4 is 0 Å². The minimum atomic E-state index is -0.834. The smallest absolute Gasteiger partial charge is 0.355 e. The van der Waals surface area contributed by atoms with Gasteiger partial charge in [0.2, 0.25) is 0 Å². The van der Waals surface area contributed by atoms with Crippen LogP contribution >= 0.6 is 0 Å². The molecule has 0 bridgehead atoms. The van der Waals surface area contributed by atoms with Crippen molar-refractivity contribution in [2.45, 2.75) is 45.6 Å². The Kier molecular flexibility index (Phi) is 7.64. The average Bonchev–Trinajstić information content (AvgIpc) is 3.41. The van der Waals surface area contributed by atoms with E-state index in [9.17, 15) is 19.2 Å². The van der Waals surface area contributed by atoms with E-state index in [2.05, 4.69) is 18.1 Å². The van der Waals surface area contributed by atoms with Crippen molar-refractivity contribution in [2.24, 2.45) is 0 Å². The Morgan fingerprint density at radius 1 is 1.07 bits per heavy atom. The number of allylic oxidation sites excluding steroid dienone is 1. The summed E-state index contributed by atoms with van der Waals surface area (Å²) in [5.74, 6) is -2.45. The maximum Gasteiger partial charge on any atom is 0.355 e. The van der Waals surface area contributed by atoms with E-state index in [1.54, 1.807) is 37.3 Å². The molecule has 0 spiro atoms. The second-order valence-corrected chi connectivity index (χ2v) is 10.4. The molecule has 0 saturated heterocycles. The van der Waals surface area contributed by atoms with E-state index in [-0.39, 0.29) is 16.8 Å². The largest absolute Gasteiger partial charge is 0.464 e. The predicted molar refractivity (Wildman–Crippen MR) is 153 cm³/mol. The molecule has 40 heavy (non-hydrogen) atoms. The number of nitrogens with one attached hydrogen (secondary N) is 1. The first-order chi connectivity index (χ1) is 18.9. The Balaban J connectivity index is 1.93. The van der Waals surface area contributed by atoms with E-state index >= 15 is 0 Å². The van der Waals surface area contributed by atoms with Gasteiger partial charge in [-0.25, -0.2) is 9.69 Å². The number of carbonyl (C=O) groups is 4. The lowest BCUT2D eigenvalue weighted by molar-refractivity contribution is -0.144. The minimum absolute atomic E-state index is 0.208. The number of imide groups is 1. The molecular formula is C32H32N2O6. The van der Waals surface area contributed by atoms with Gasteiger partial charge < -0.3 is 14.5 Å². The van der Waals surface area contributed by atoms with Crippen molar-refractivity contribution in [3.8, 4) is 0 Å². The molecule has 2 heterocycles. The standard InChI is InChI=1S/C32H32N2O6/c1-8-32(5,6)28-24(23-15-20(13-14-25(23)33-28)16-27(18(2)3)40-19(4)35)17-26(31(38)39-7)34-29(36)21-11-9-10-12-22(21)30(34)37/h8-15,17,27,33H,1-2,16H2,3-7H3/b26-17-/t27-/m1/s1. The highest BCUT2D eigenvalue weighted by Crippen LogP contribution is 2.36. The van der Waals surface area contributed by atoms with E-state index in [1.165, 1.54) is 20.1 Å². The number of carbonyl (C=O) groups excluding carboxylic acids is 4. The predicted octanol–water partition coefficient (Wildman–Crippen LogP) is 5.49. The number of fused-ring (bicyclic) bond motifs is 2. The lowest BCUT2D eigenvalue weighted by Crippen LogP contribution is -2.33. The summed E-state index contributed by atoms with van der Waals surface area (Å²) in [4.78, 5) is 55.7. The fourth-order valence-electron chi connectivity index (χ4n) is 4.74. The third-order valence-electron chi connectivity index (χ3n) is 7.05. The number of benzene rings is 2. The Morgan fingerprint density at radius 3 is 2.23 bits per heavy atom. The number of rotatable bonds is 9. The molecule has 4 rings (SSSR count). The molecule has 0 radical (unpaired) electrons. The number of esters is 2. The van der Waals surface area contributed by atoms with Crippen molar-refractivity contribution >= 4 is 40.7 Å². The maximum absolute atomic E-state index is 13.3. The molecule has 0 saturated carbocycles. The van der Waals surface area contributed by atoms with Gasteiger partial charge in [-0.3, -0.25) is 14.4 Å². The van der Waals surface area contributed by atoms with E-state index < -0.39 is 35.3 Å². The topological polar surface area (TPSA) is 106 Å². The van der Waals surface area contributed by atoms with Crippen LogP contribution in [0.4, 0.5) is 0 Å². The van der Waals surface area contributed by atoms with Crippen molar-refractivity contribution in [2.75, 3.05) is 7.11 Å². The van der Waals surface area contributed by atoms with Gasteiger partial charge in [0.05, 0.1) is 18.2 Å². The molecule has 0 unspecified atom stereocenters. The van der Waals surface area contributed by atoms with Crippen LogP contribution in [-0.4, -0.2) is 46.9 Å². The van der Waals surface area contributed by atoms with Gasteiger partial charge in [0, 0.05) is 40.9 Å². The third-order valence-corrected chi connectivity index (χ3v) is 7.05. The van der Waals surface area contributed by atoms with Gasteiger partial charge in [-0.2, -0.15) is 0 Å². The zero-order valence-corrected chi connectivity index (χ0v) is 23.3. The van der Waals surface area contributed by atoms with Gasteiger partial charge in [-0.1, -0.05) is 44.7 Å². The average molecular weight is 541 g/mol. The van der Waals surface area contributed by atoms with E-state index in [4.69, 9.17) is 9.47 Å². The van der Waals surface area contributed by atoms with Gasteiger partial charge in [0.25, 0.3) is 11.8 Å². The van der Waals surface area contributed by atoms with Crippen molar-refractivity contribution < 1.29 is 28.7 Å². The summed E-state index contributed by atoms with van der Waals surface area (Å²) in [5, 5.41) is 0.740. The number of ether oxygens (including phenoxy) is 2. The monoisotopic (exact) mass is 540 g/mol. The molecule has 8 nitrogen and oxygen atoms in total. The van der Waals surface area contributed by atoms with E-state index in [0.29, 0.717) is 17.6 Å². The molecular weight excluding hydrogens is 508 g/mol. The molecule has 206 valence electrons. The number of hydrogen-bond acceptors (Lipinski definition) is 6. The van der Waals surface area contributed by atoms with Crippen LogP contribution in [0.15, 0.2) is 73.0 Å². The zero-order valence-electron chi connectivity index (χ0n) is 23.3. The molecule has 2 aromatic carbocycles. The number of nitrogens with zero attached hydrogens (tertiary/aromatic N) is 1. The van der Waals surface area contributed by atoms with Gasteiger partial charge >= 0.3 is 11.9 Å². The second-order valence-electron chi connectivity index (χ2n) is 10.4. The number of methoxy groups -OCH3 is 1. The molecule has 1 aromatic heterocycles. The molecule has 1 aliphatic rings. The third kappa shape index (κ3) is 5.12. The summed E-state index contributed by atoms with van der Waals surface area (Å²) in [6, 6.07) is 12.2. The number of amides is 2. The minimum Gasteiger partial charge on any atom is -0.464 e. The number of H-pyrrole nitrogens is 1. The Labute approximate surface area is 233 Å². The molecule has 0 fully saturated rings. The molecule has 1 aliphatic heterocycles. The molecule has 3 aromatic rings. The maximum atomic E-state index is 13.3. The summed E-state index contributed by atoms with van der Waals surface area (Å²) in [6.07, 6.45) is 3.16. The molecule has 8 heteroatoms. The summed E-state index contributed by atoms with van der Waals surface area (Å²) in [7, 11) is 1.20. The Morgan fingerprint density at radius 2 is 1.70 bits per heavy atom. The van der Waals surface area contributed by atoms with Gasteiger partial charge in [-0.05, 0) is 48.4 Å². The first-order valence-corrected chi connectivity index (χ1v) is 12.8. The SMILES string of the molecule is C=CC(C)(C)c1[nH]c2ccc(C[C@@H](OC(C)=O)C(=C)C)cc2c1/C=C(/C(=O)OC)N1C(=O)c2ccccc2C1=O. The lowest BCUT2D eigenvalue weighted by atomic mass is 9.86. The van der Waals surface area contributed by atoms with Crippen LogP contribution in [0.5, 0.6) is 0 Å². The van der Waals surface area contributed by atoms with Crippen LogP contribution in [0.2, 0.25) is 0 Å². The van der Waals surface area contributed by atoms with Crippen molar-refractivity contribution in [1.29, 1.82) is 0 Å². The quantitative estimate of drug-likeness (QED) is 0.166. The molecule has 2 amide bonds. The second kappa shape index (κ2) is 10.8. The highest BCUT2D eigenvalue weighted by atomic mass is 16.5. The fraction of sp³-hybridized carbons (Fsp3) is 0.250. The lowest BCUT2D eigenvalue weighted by Gasteiger charge is -2.21. The van der Waals surface area contributed by atoms with Crippen LogP contribution in [0.1, 0.15) is 65.2 Å². The van der Waals surface area contributed by atoms with Gasteiger partial charge in [0.1, 0.15) is 11.8 Å². The highest BCUT2D eigenvalue weighted by molar-refractivity contribution is 6.25. The van der Waals surface area contributed by atoms with E-state index in [1.807, 2.05) is 32.0 Å². The first-order valence-electron chi connectivity index (χ1n) is 12.8. The van der Waals surface area contributed by atoms with Crippen LogP contribution in [0, 0.1) is 0 Å². The van der Waals surface area contributed by atoms with Gasteiger partial charge in [0.15, 0.2) is 0 Å². The normalized spacial score (nSPS) is 14.2. The number of hydrogen-bond donors (Lipinski definition) is 1. The molecule has 1 atom stereocenters. The van der Waals surface area contributed by atoms with Crippen molar-refractivity contribution in [3.63, 3.8) is 0 Å². The fourth-order valence-corrected chi connectivity index (χ4v) is 4.74. The Bertz CT molecular complexity index is 1570.